The van der Waals surface area contributed by atoms with Crippen molar-refractivity contribution in [3.63, 3.8) is 0 Å². The lowest BCUT2D eigenvalue weighted by Crippen LogP contribution is -2.29. The molecule has 5 rings (SSSR count). The number of carbonyl (C=O) groups excluding carboxylic acids is 2. The molecule has 1 amide bonds. The highest BCUT2D eigenvalue weighted by molar-refractivity contribution is 7.22. The molecule has 0 spiro atoms. The summed E-state index contributed by atoms with van der Waals surface area (Å²) < 4.78 is 18.2. The predicted octanol–water partition coefficient (Wildman–Crippen LogP) is 7.52. The number of thiazole rings is 1. The Bertz CT molecular complexity index is 1710. The molecule has 1 atom stereocenters. The van der Waals surface area contributed by atoms with E-state index in [1.807, 2.05) is 32.9 Å². The minimum atomic E-state index is -0.958. The molecule has 1 N–H and O–H groups in total. The number of aryl methyl sites for hydroxylation is 2. The number of nitrogens with zero attached hydrogens (tertiary/aromatic N) is 2. The van der Waals surface area contributed by atoms with Crippen LogP contribution in [0.1, 0.15) is 61.4 Å². The van der Waals surface area contributed by atoms with Crippen molar-refractivity contribution in [2.45, 2.75) is 53.0 Å². The third-order valence-corrected chi connectivity index (χ3v) is 8.40. The van der Waals surface area contributed by atoms with Crippen LogP contribution in [0, 0.1) is 13.8 Å². The SMILES string of the molecule is CCCCCOc1ccc(C2C(=C(O)c3cccc(OCC)c3)C(=O)C(=O)N2c2nc3c(C)cc(C)cc3s2)cc1OC. The van der Waals surface area contributed by atoms with E-state index in [2.05, 4.69) is 6.92 Å². The van der Waals surface area contributed by atoms with E-state index >= 15 is 0 Å². The Balaban J connectivity index is 1.67. The molecule has 224 valence electrons. The Morgan fingerprint density at radius 1 is 1.00 bits per heavy atom. The molecule has 4 aromatic rings. The third-order valence-electron chi connectivity index (χ3n) is 7.40. The van der Waals surface area contributed by atoms with Crippen molar-refractivity contribution in [2.24, 2.45) is 0 Å². The Labute approximate surface area is 255 Å². The first-order valence-electron chi connectivity index (χ1n) is 14.5. The maximum absolute atomic E-state index is 13.8. The van der Waals surface area contributed by atoms with Crippen molar-refractivity contribution in [3.8, 4) is 17.2 Å². The molecule has 0 radical (unpaired) electrons. The number of aromatic nitrogens is 1. The molecule has 1 saturated heterocycles. The number of rotatable bonds is 11. The first kappa shape index (κ1) is 30.1. The number of hydrogen-bond donors (Lipinski definition) is 1. The number of anilines is 1. The predicted molar refractivity (Wildman–Crippen MR) is 170 cm³/mol. The summed E-state index contributed by atoms with van der Waals surface area (Å²) in [6.07, 6.45) is 3.05. The van der Waals surface area contributed by atoms with Crippen LogP contribution in [0.15, 0.2) is 60.2 Å². The average molecular weight is 601 g/mol. The number of aliphatic hydroxyl groups is 1. The van der Waals surface area contributed by atoms with Gasteiger partial charge in [-0.15, -0.1) is 0 Å². The number of aliphatic hydroxyl groups excluding tert-OH is 1. The van der Waals surface area contributed by atoms with E-state index in [4.69, 9.17) is 19.2 Å². The summed E-state index contributed by atoms with van der Waals surface area (Å²) in [5.41, 5.74) is 3.73. The zero-order valence-electron chi connectivity index (χ0n) is 25.1. The van der Waals surface area contributed by atoms with Crippen LogP contribution in [0.3, 0.4) is 0 Å². The standard InChI is InChI=1S/C34H36N2O6S/c1-6-8-9-15-42-25-14-13-22(19-26(25)40-5)30-28(31(37)23-11-10-12-24(18-23)41-7-2)32(38)33(39)36(30)34-35-29-21(4)16-20(3)17-27(29)43-34/h10-14,16-19,30,37H,6-9,15H2,1-5H3. The van der Waals surface area contributed by atoms with E-state index < -0.39 is 17.7 Å². The second kappa shape index (κ2) is 12.9. The van der Waals surface area contributed by atoms with Gasteiger partial charge in [0.05, 0.1) is 42.2 Å². The number of fused-ring (bicyclic) bond motifs is 1. The van der Waals surface area contributed by atoms with E-state index in [9.17, 15) is 14.7 Å². The second-order valence-electron chi connectivity index (χ2n) is 10.5. The molecule has 1 unspecified atom stereocenters. The van der Waals surface area contributed by atoms with E-state index in [0.717, 1.165) is 40.6 Å². The van der Waals surface area contributed by atoms with E-state index in [1.165, 1.54) is 16.2 Å². The minimum absolute atomic E-state index is 0.0375. The van der Waals surface area contributed by atoms with Crippen molar-refractivity contribution < 1.29 is 28.9 Å². The zero-order chi connectivity index (χ0) is 30.7. The van der Waals surface area contributed by atoms with Crippen LogP contribution in [0.2, 0.25) is 0 Å². The lowest BCUT2D eigenvalue weighted by Gasteiger charge is -2.24. The van der Waals surface area contributed by atoms with E-state index in [1.54, 1.807) is 49.6 Å². The summed E-state index contributed by atoms with van der Waals surface area (Å²) in [5.74, 6) is -0.279. The van der Waals surface area contributed by atoms with Gasteiger partial charge in [-0.1, -0.05) is 55.4 Å². The average Bonchev–Trinajstić information content (AvgIpc) is 3.53. The van der Waals surface area contributed by atoms with Gasteiger partial charge in [0.15, 0.2) is 16.6 Å². The number of unbranched alkanes of at least 4 members (excludes halogenated alkanes) is 2. The number of Topliss-reactive ketones (excluding diaryl/α,β-unsaturated/α-hetero) is 1. The topological polar surface area (TPSA) is 98.2 Å². The molecule has 1 aromatic heterocycles. The minimum Gasteiger partial charge on any atom is -0.507 e. The van der Waals surface area contributed by atoms with Crippen LogP contribution in [0.4, 0.5) is 5.13 Å². The molecule has 1 fully saturated rings. The smallest absolute Gasteiger partial charge is 0.301 e. The molecule has 0 bridgehead atoms. The Morgan fingerprint density at radius 2 is 1.81 bits per heavy atom. The van der Waals surface area contributed by atoms with Gasteiger partial charge in [-0.3, -0.25) is 14.5 Å². The largest absolute Gasteiger partial charge is 0.507 e. The van der Waals surface area contributed by atoms with Crippen molar-refractivity contribution >= 4 is 44.1 Å². The number of hydrogen-bond acceptors (Lipinski definition) is 8. The van der Waals surface area contributed by atoms with Gasteiger partial charge in [-0.2, -0.15) is 0 Å². The summed E-state index contributed by atoms with van der Waals surface area (Å²) in [4.78, 5) is 33.7. The fourth-order valence-corrected chi connectivity index (χ4v) is 6.54. The second-order valence-corrected chi connectivity index (χ2v) is 11.5. The van der Waals surface area contributed by atoms with Crippen LogP contribution in [-0.4, -0.2) is 42.1 Å². The molecule has 0 aliphatic carbocycles. The number of carbonyl (C=O) groups is 2. The molecule has 8 nitrogen and oxygen atoms in total. The number of amides is 1. The summed E-state index contributed by atoms with van der Waals surface area (Å²) >= 11 is 1.34. The summed E-state index contributed by atoms with van der Waals surface area (Å²) in [7, 11) is 1.55. The maximum Gasteiger partial charge on any atom is 0.301 e. The van der Waals surface area contributed by atoms with E-state index in [-0.39, 0.29) is 11.3 Å². The first-order valence-corrected chi connectivity index (χ1v) is 15.3. The highest BCUT2D eigenvalue weighted by atomic mass is 32.1. The molecular formula is C34H36N2O6S. The third kappa shape index (κ3) is 5.95. The van der Waals surface area contributed by atoms with Gasteiger partial charge in [-0.05, 0) is 74.2 Å². The number of ether oxygens (including phenoxy) is 3. The summed E-state index contributed by atoms with van der Waals surface area (Å²) in [5, 5.41) is 12.0. The number of ketones is 1. The van der Waals surface area contributed by atoms with Gasteiger partial charge in [-0.25, -0.2) is 4.98 Å². The summed E-state index contributed by atoms with van der Waals surface area (Å²) in [6, 6.07) is 15.3. The molecule has 3 aromatic carbocycles. The normalized spacial score (nSPS) is 16.2. The lowest BCUT2D eigenvalue weighted by molar-refractivity contribution is -0.132. The quantitative estimate of drug-likeness (QED) is 0.0823. The molecule has 1 aliphatic rings. The van der Waals surface area contributed by atoms with Crippen molar-refractivity contribution in [3.05, 3.63) is 82.4 Å². The highest BCUT2D eigenvalue weighted by Gasteiger charge is 2.48. The van der Waals surface area contributed by atoms with Gasteiger partial charge in [0.2, 0.25) is 0 Å². The molecule has 1 aliphatic heterocycles. The van der Waals surface area contributed by atoms with Crippen LogP contribution in [0.25, 0.3) is 16.0 Å². The van der Waals surface area contributed by atoms with Gasteiger partial charge in [0, 0.05) is 5.56 Å². The first-order chi connectivity index (χ1) is 20.8. The van der Waals surface area contributed by atoms with Crippen LogP contribution < -0.4 is 19.1 Å². The van der Waals surface area contributed by atoms with Crippen LogP contribution >= 0.6 is 11.3 Å². The van der Waals surface area contributed by atoms with Crippen LogP contribution in [0.5, 0.6) is 17.2 Å². The summed E-state index contributed by atoms with van der Waals surface area (Å²) in [6.45, 7) is 8.96. The van der Waals surface area contributed by atoms with Crippen molar-refractivity contribution in [1.82, 2.24) is 4.98 Å². The zero-order valence-corrected chi connectivity index (χ0v) is 25.9. The molecule has 2 heterocycles. The van der Waals surface area contributed by atoms with Crippen LogP contribution in [-0.2, 0) is 9.59 Å². The van der Waals surface area contributed by atoms with Crippen molar-refractivity contribution in [2.75, 3.05) is 25.2 Å². The molecule has 0 saturated carbocycles. The fraction of sp³-hybridized carbons (Fsp3) is 0.324. The maximum atomic E-state index is 13.8. The van der Waals surface area contributed by atoms with Gasteiger partial charge < -0.3 is 19.3 Å². The van der Waals surface area contributed by atoms with E-state index in [0.29, 0.717) is 46.7 Å². The molecule has 9 heteroatoms. The van der Waals surface area contributed by atoms with Gasteiger partial charge in [0.25, 0.3) is 5.78 Å². The van der Waals surface area contributed by atoms with Gasteiger partial charge in [0.1, 0.15) is 11.5 Å². The monoisotopic (exact) mass is 600 g/mol. The molecule has 43 heavy (non-hydrogen) atoms. The Kier molecular flexibility index (Phi) is 9.01. The van der Waals surface area contributed by atoms with Gasteiger partial charge >= 0.3 is 5.91 Å². The number of benzene rings is 3. The highest BCUT2D eigenvalue weighted by Crippen LogP contribution is 2.46. The number of methoxy groups -OCH3 is 1. The van der Waals surface area contributed by atoms with Crippen molar-refractivity contribution in [1.29, 1.82) is 0 Å². The molecular weight excluding hydrogens is 564 g/mol. The lowest BCUT2D eigenvalue weighted by atomic mass is 9.95. The fourth-order valence-electron chi connectivity index (χ4n) is 5.37. The Morgan fingerprint density at radius 3 is 2.56 bits per heavy atom. The Hall–Kier alpha value is -4.37.